The van der Waals surface area contributed by atoms with Crippen LogP contribution in [0, 0.1) is 0 Å². The lowest BCUT2D eigenvalue weighted by atomic mass is 10.3. The van der Waals surface area contributed by atoms with Crippen molar-refractivity contribution in [3.05, 3.63) is 18.3 Å². The number of amides is 2. The molecule has 1 aliphatic heterocycles. The van der Waals surface area contributed by atoms with E-state index in [-0.39, 0.29) is 5.91 Å². The Kier molecular flexibility index (Phi) is 4.39. The molecule has 1 aromatic rings. The van der Waals surface area contributed by atoms with E-state index < -0.39 is 6.09 Å². The van der Waals surface area contributed by atoms with Crippen molar-refractivity contribution in [2.75, 3.05) is 43.5 Å². The molecule has 0 bridgehead atoms. The number of carbonyl (C=O) groups excluding carboxylic acids is 2. The van der Waals surface area contributed by atoms with Gasteiger partial charge in [0.2, 0.25) is 5.91 Å². The van der Waals surface area contributed by atoms with Gasteiger partial charge in [0.15, 0.2) is 0 Å². The van der Waals surface area contributed by atoms with Crippen LogP contribution in [-0.4, -0.2) is 55.2 Å². The van der Waals surface area contributed by atoms with E-state index in [1.165, 1.54) is 7.11 Å². The van der Waals surface area contributed by atoms with Crippen LogP contribution in [0.2, 0.25) is 0 Å². The van der Waals surface area contributed by atoms with Crippen LogP contribution in [-0.2, 0) is 9.53 Å². The summed E-state index contributed by atoms with van der Waals surface area (Å²) in [6, 6.07) is 3.62. The number of rotatable bonds is 2. The molecule has 0 radical (unpaired) electrons. The van der Waals surface area contributed by atoms with Gasteiger partial charge in [0, 0.05) is 33.1 Å². The van der Waals surface area contributed by atoms with Crippen LogP contribution in [0.1, 0.15) is 6.92 Å². The highest BCUT2D eigenvalue weighted by Crippen LogP contribution is 2.16. The van der Waals surface area contributed by atoms with Gasteiger partial charge in [-0.1, -0.05) is 0 Å². The monoisotopic (exact) mass is 278 g/mol. The van der Waals surface area contributed by atoms with Crippen molar-refractivity contribution in [2.24, 2.45) is 0 Å². The van der Waals surface area contributed by atoms with E-state index in [9.17, 15) is 9.59 Å². The van der Waals surface area contributed by atoms with Crippen molar-refractivity contribution in [2.45, 2.75) is 6.92 Å². The molecule has 1 aliphatic rings. The van der Waals surface area contributed by atoms with Gasteiger partial charge in [-0.05, 0) is 12.1 Å². The summed E-state index contributed by atoms with van der Waals surface area (Å²) in [4.78, 5) is 30.6. The fourth-order valence-corrected chi connectivity index (χ4v) is 2.07. The second-order valence-electron chi connectivity index (χ2n) is 4.51. The maximum Gasteiger partial charge on any atom is 0.411 e. The van der Waals surface area contributed by atoms with Crippen molar-refractivity contribution in [3.8, 4) is 0 Å². The second-order valence-corrected chi connectivity index (χ2v) is 4.51. The SMILES string of the molecule is COC(=O)Nc1ccc(N2CCN(C(C)=O)CC2)nc1. The van der Waals surface area contributed by atoms with Crippen molar-refractivity contribution < 1.29 is 14.3 Å². The molecule has 0 spiro atoms. The highest BCUT2D eigenvalue weighted by Gasteiger charge is 2.19. The lowest BCUT2D eigenvalue weighted by Gasteiger charge is -2.34. The first-order chi connectivity index (χ1) is 9.60. The molecule has 0 atom stereocenters. The first kappa shape index (κ1) is 14.1. The number of carbonyl (C=O) groups is 2. The van der Waals surface area contributed by atoms with Gasteiger partial charge in [-0.2, -0.15) is 0 Å². The molecule has 1 fully saturated rings. The molecule has 7 nitrogen and oxygen atoms in total. The van der Waals surface area contributed by atoms with Crippen molar-refractivity contribution in [1.29, 1.82) is 0 Å². The molecule has 2 amide bonds. The van der Waals surface area contributed by atoms with E-state index in [0.29, 0.717) is 18.8 Å². The number of anilines is 2. The Morgan fingerprint density at radius 1 is 1.25 bits per heavy atom. The summed E-state index contributed by atoms with van der Waals surface area (Å²) < 4.78 is 4.51. The zero-order valence-corrected chi connectivity index (χ0v) is 11.6. The summed E-state index contributed by atoms with van der Waals surface area (Å²) in [6.45, 7) is 4.52. The van der Waals surface area contributed by atoms with Crippen LogP contribution >= 0.6 is 0 Å². The second kappa shape index (κ2) is 6.23. The predicted octanol–water partition coefficient (Wildman–Crippen LogP) is 0.928. The molecule has 0 saturated carbocycles. The first-order valence-corrected chi connectivity index (χ1v) is 6.41. The number of nitrogens with zero attached hydrogens (tertiary/aromatic N) is 3. The number of piperazine rings is 1. The average molecular weight is 278 g/mol. The Balaban J connectivity index is 1.94. The minimum absolute atomic E-state index is 0.107. The Morgan fingerprint density at radius 2 is 1.95 bits per heavy atom. The molecule has 20 heavy (non-hydrogen) atoms. The van der Waals surface area contributed by atoms with Crippen molar-refractivity contribution in [3.63, 3.8) is 0 Å². The topological polar surface area (TPSA) is 74.8 Å². The molecular weight excluding hydrogens is 260 g/mol. The van der Waals surface area contributed by atoms with E-state index in [1.807, 2.05) is 11.0 Å². The van der Waals surface area contributed by atoms with Gasteiger partial charge in [0.1, 0.15) is 5.82 Å². The number of aromatic nitrogens is 1. The summed E-state index contributed by atoms with van der Waals surface area (Å²) in [6.07, 6.45) is 1.07. The van der Waals surface area contributed by atoms with Gasteiger partial charge in [-0.25, -0.2) is 9.78 Å². The molecule has 1 aromatic heterocycles. The predicted molar refractivity (Wildman–Crippen MR) is 74.7 cm³/mol. The van der Waals surface area contributed by atoms with Crippen molar-refractivity contribution >= 4 is 23.5 Å². The van der Waals surface area contributed by atoms with E-state index in [4.69, 9.17) is 0 Å². The number of methoxy groups -OCH3 is 1. The van der Waals surface area contributed by atoms with Gasteiger partial charge in [0.25, 0.3) is 0 Å². The molecule has 2 rings (SSSR count). The van der Waals surface area contributed by atoms with Crippen LogP contribution < -0.4 is 10.2 Å². The van der Waals surface area contributed by atoms with Crippen LogP contribution in [0.15, 0.2) is 18.3 Å². The highest BCUT2D eigenvalue weighted by molar-refractivity contribution is 5.84. The largest absolute Gasteiger partial charge is 0.453 e. The third-order valence-corrected chi connectivity index (χ3v) is 3.23. The normalized spacial score (nSPS) is 14.9. The Hall–Kier alpha value is -2.31. The smallest absolute Gasteiger partial charge is 0.411 e. The molecular formula is C13H18N4O3. The van der Waals surface area contributed by atoms with Gasteiger partial charge in [-0.15, -0.1) is 0 Å². The zero-order chi connectivity index (χ0) is 14.5. The molecule has 0 unspecified atom stereocenters. The number of ether oxygens (including phenoxy) is 1. The average Bonchev–Trinajstić information content (AvgIpc) is 2.48. The van der Waals surface area contributed by atoms with Crippen LogP contribution in [0.3, 0.4) is 0 Å². The Morgan fingerprint density at radius 3 is 2.45 bits per heavy atom. The van der Waals surface area contributed by atoms with E-state index in [0.717, 1.165) is 18.9 Å². The summed E-state index contributed by atoms with van der Waals surface area (Å²) >= 11 is 0. The standard InChI is InChI=1S/C13H18N4O3/c1-10(18)16-5-7-17(8-6-16)12-4-3-11(9-14-12)15-13(19)20-2/h3-4,9H,5-8H2,1-2H3,(H,15,19). The summed E-state index contributed by atoms with van der Waals surface area (Å²) in [5.41, 5.74) is 0.586. The minimum Gasteiger partial charge on any atom is -0.453 e. The third kappa shape index (κ3) is 3.37. The molecule has 1 N–H and O–H groups in total. The highest BCUT2D eigenvalue weighted by atomic mass is 16.5. The molecule has 2 heterocycles. The molecule has 7 heteroatoms. The fourth-order valence-electron chi connectivity index (χ4n) is 2.07. The number of hydrogen-bond acceptors (Lipinski definition) is 5. The first-order valence-electron chi connectivity index (χ1n) is 6.41. The van der Waals surface area contributed by atoms with E-state index >= 15 is 0 Å². The molecule has 0 aromatic carbocycles. The molecule has 1 saturated heterocycles. The Labute approximate surface area is 117 Å². The minimum atomic E-state index is -0.519. The Bertz CT molecular complexity index is 481. The zero-order valence-electron chi connectivity index (χ0n) is 11.6. The quantitative estimate of drug-likeness (QED) is 0.871. The van der Waals surface area contributed by atoms with Gasteiger partial charge in [0.05, 0.1) is 19.0 Å². The maximum absolute atomic E-state index is 11.3. The van der Waals surface area contributed by atoms with Crippen LogP contribution in [0.25, 0.3) is 0 Å². The van der Waals surface area contributed by atoms with Gasteiger partial charge in [-0.3, -0.25) is 10.1 Å². The molecule has 0 aliphatic carbocycles. The summed E-state index contributed by atoms with van der Waals surface area (Å²) in [7, 11) is 1.31. The summed E-state index contributed by atoms with van der Waals surface area (Å²) in [5, 5.41) is 2.55. The van der Waals surface area contributed by atoms with E-state index in [2.05, 4.69) is 19.9 Å². The van der Waals surface area contributed by atoms with Crippen LogP contribution in [0.4, 0.5) is 16.3 Å². The van der Waals surface area contributed by atoms with Crippen molar-refractivity contribution in [1.82, 2.24) is 9.88 Å². The maximum atomic E-state index is 11.3. The number of pyridine rings is 1. The lowest BCUT2D eigenvalue weighted by molar-refractivity contribution is -0.129. The van der Waals surface area contributed by atoms with Gasteiger partial charge >= 0.3 is 6.09 Å². The number of nitrogens with one attached hydrogen (secondary N) is 1. The fraction of sp³-hybridized carbons (Fsp3) is 0.462. The summed E-state index contributed by atoms with van der Waals surface area (Å²) in [5.74, 6) is 0.943. The number of hydrogen-bond donors (Lipinski definition) is 1. The molecule has 108 valence electrons. The lowest BCUT2D eigenvalue weighted by Crippen LogP contribution is -2.48. The van der Waals surface area contributed by atoms with Crippen LogP contribution in [0.5, 0.6) is 0 Å². The van der Waals surface area contributed by atoms with E-state index in [1.54, 1.807) is 19.2 Å². The van der Waals surface area contributed by atoms with Gasteiger partial charge < -0.3 is 14.5 Å². The third-order valence-electron chi connectivity index (χ3n) is 3.23.